The molecule has 0 bridgehead atoms. The smallest absolute Gasteiger partial charge is 0.307 e. The second-order valence-corrected chi connectivity index (χ2v) is 2.83. The summed E-state index contributed by atoms with van der Waals surface area (Å²) in [5.41, 5.74) is 0.955. The fourth-order valence-electron chi connectivity index (χ4n) is 1.19. The highest BCUT2D eigenvalue weighted by Gasteiger charge is 2.09. The standard InChI is InChI=1S/C9H9NO4/c11-9(12)5-7-3-1-2-4-8(7)6-10(13)14/h1-4H,5-6H2,(H,11,12). The maximum absolute atomic E-state index is 10.4. The molecule has 0 heterocycles. The Morgan fingerprint density at radius 1 is 1.36 bits per heavy atom. The summed E-state index contributed by atoms with van der Waals surface area (Å²) in [4.78, 5) is 20.2. The van der Waals surface area contributed by atoms with Gasteiger partial charge in [0.15, 0.2) is 0 Å². The van der Waals surface area contributed by atoms with Crippen LogP contribution < -0.4 is 0 Å². The van der Waals surface area contributed by atoms with E-state index >= 15 is 0 Å². The number of aliphatic carboxylic acids is 1. The number of hydrogen-bond donors (Lipinski definition) is 1. The Morgan fingerprint density at radius 2 is 1.93 bits per heavy atom. The topological polar surface area (TPSA) is 80.4 Å². The zero-order chi connectivity index (χ0) is 10.6. The lowest BCUT2D eigenvalue weighted by Crippen LogP contribution is -2.06. The fraction of sp³-hybridized carbons (Fsp3) is 0.222. The number of carboxylic acid groups (broad SMARTS) is 1. The number of carbonyl (C=O) groups is 1. The molecule has 0 fully saturated rings. The minimum Gasteiger partial charge on any atom is -0.481 e. The zero-order valence-electron chi connectivity index (χ0n) is 7.34. The number of nitrogens with zero attached hydrogens (tertiary/aromatic N) is 1. The van der Waals surface area contributed by atoms with E-state index in [0.717, 1.165) is 0 Å². The van der Waals surface area contributed by atoms with Crippen LogP contribution in [-0.4, -0.2) is 16.0 Å². The summed E-state index contributed by atoms with van der Waals surface area (Å²) in [5.74, 6) is -0.985. The highest BCUT2D eigenvalue weighted by molar-refractivity contribution is 5.70. The molecular weight excluding hydrogens is 186 g/mol. The minimum absolute atomic E-state index is 0.177. The van der Waals surface area contributed by atoms with E-state index in [9.17, 15) is 14.9 Å². The van der Waals surface area contributed by atoms with Gasteiger partial charge in [0.2, 0.25) is 6.54 Å². The molecule has 1 aromatic rings. The number of rotatable bonds is 4. The number of nitro groups is 1. The van der Waals surface area contributed by atoms with E-state index in [1.54, 1.807) is 24.3 Å². The summed E-state index contributed by atoms with van der Waals surface area (Å²) in [7, 11) is 0. The Morgan fingerprint density at radius 3 is 2.43 bits per heavy atom. The molecule has 0 saturated heterocycles. The largest absolute Gasteiger partial charge is 0.481 e. The third kappa shape index (κ3) is 2.85. The molecule has 5 heteroatoms. The molecule has 1 aromatic carbocycles. The van der Waals surface area contributed by atoms with Crippen molar-refractivity contribution in [3.05, 3.63) is 45.5 Å². The lowest BCUT2D eigenvalue weighted by atomic mass is 10.1. The molecule has 1 rings (SSSR count). The molecule has 0 atom stereocenters. The van der Waals surface area contributed by atoms with Crippen molar-refractivity contribution in [1.82, 2.24) is 0 Å². The summed E-state index contributed by atoms with van der Waals surface area (Å²) in [6.45, 7) is -0.330. The lowest BCUT2D eigenvalue weighted by molar-refractivity contribution is -0.496. The van der Waals surface area contributed by atoms with Gasteiger partial charge in [-0.15, -0.1) is 0 Å². The molecule has 5 nitrogen and oxygen atoms in total. The van der Waals surface area contributed by atoms with Crippen molar-refractivity contribution in [3.8, 4) is 0 Å². The second-order valence-electron chi connectivity index (χ2n) is 2.83. The predicted molar refractivity (Wildman–Crippen MR) is 48.5 cm³/mol. The first kappa shape index (κ1) is 10.2. The molecule has 0 unspecified atom stereocenters. The van der Waals surface area contributed by atoms with Gasteiger partial charge in [-0.1, -0.05) is 24.3 Å². The Balaban J connectivity index is 2.90. The summed E-state index contributed by atoms with van der Waals surface area (Å²) < 4.78 is 0. The summed E-state index contributed by atoms with van der Waals surface area (Å²) >= 11 is 0. The Hall–Kier alpha value is -1.91. The molecule has 74 valence electrons. The quantitative estimate of drug-likeness (QED) is 0.576. The monoisotopic (exact) mass is 195 g/mol. The first-order valence-electron chi connectivity index (χ1n) is 4.00. The predicted octanol–water partition coefficient (Wildman–Crippen LogP) is 1.09. The molecule has 0 radical (unpaired) electrons. The van der Waals surface area contributed by atoms with E-state index in [4.69, 9.17) is 5.11 Å². The van der Waals surface area contributed by atoms with Crippen LogP contribution in [0.15, 0.2) is 24.3 Å². The van der Waals surface area contributed by atoms with Gasteiger partial charge >= 0.3 is 5.97 Å². The van der Waals surface area contributed by atoms with Crippen molar-refractivity contribution in [1.29, 1.82) is 0 Å². The fourth-order valence-corrected chi connectivity index (χ4v) is 1.19. The van der Waals surface area contributed by atoms with E-state index in [1.165, 1.54) is 0 Å². The molecule has 1 N–H and O–H groups in total. The van der Waals surface area contributed by atoms with Gasteiger partial charge in [-0.3, -0.25) is 14.9 Å². The van der Waals surface area contributed by atoms with Crippen LogP contribution in [0, 0.1) is 10.1 Å². The van der Waals surface area contributed by atoms with Gasteiger partial charge in [-0.25, -0.2) is 0 Å². The second kappa shape index (κ2) is 4.36. The molecule has 0 aliphatic carbocycles. The Bertz CT molecular complexity index is 327. The minimum atomic E-state index is -0.985. The average Bonchev–Trinajstić information content (AvgIpc) is 2.06. The van der Waals surface area contributed by atoms with Crippen LogP contribution in [0.5, 0.6) is 0 Å². The summed E-state index contributed by atoms with van der Waals surface area (Å²) in [6.07, 6.45) is -0.177. The van der Waals surface area contributed by atoms with Crippen LogP contribution in [0.25, 0.3) is 0 Å². The van der Waals surface area contributed by atoms with E-state index in [2.05, 4.69) is 0 Å². The SMILES string of the molecule is O=C(O)Cc1ccccc1C[N+](=O)[O-]. The van der Waals surface area contributed by atoms with Crippen molar-refractivity contribution in [2.45, 2.75) is 13.0 Å². The molecule has 0 saturated carbocycles. The molecule has 0 aliphatic rings. The molecule has 0 spiro atoms. The van der Waals surface area contributed by atoms with Crippen molar-refractivity contribution < 1.29 is 14.8 Å². The van der Waals surface area contributed by atoms with Gasteiger partial charge in [0.05, 0.1) is 6.42 Å². The summed E-state index contributed by atoms with van der Waals surface area (Å²) in [5, 5.41) is 18.8. The highest BCUT2D eigenvalue weighted by Crippen LogP contribution is 2.10. The van der Waals surface area contributed by atoms with Crippen molar-refractivity contribution in [2.24, 2.45) is 0 Å². The van der Waals surface area contributed by atoms with Gasteiger partial charge in [-0.05, 0) is 5.56 Å². The Labute approximate surface area is 80.1 Å². The van der Waals surface area contributed by atoms with Crippen molar-refractivity contribution >= 4 is 5.97 Å². The van der Waals surface area contributed by atoms with Crippen LogP contribution in [0.3, 0.4) is 0 Å². The van der Waals surface area contributed by atoms with Crippen molar-refractivity contribution in [2.75, 3.05) is 0 Å². The first-order valence-corrected chi connectivity index (χ1v) is 4.00. The molecule has 0 aliphatic heterocycles. The van der Waals surface area contributed by atoms with Crippen molar-refractivity contribution in [3.63, 3.8) is 0 Å². The van der Waals surface area contributed by atoms with Crippen LogP contribution >= 0.6 is 0 Å². The van der Waals surface area contributed by atoms with Crippen LogP contribution in [0.4, 0.5) is 0 Å². The molecule has 14 heavy (non-hydrogen) atoms. The highest BCUT2D eigenvalue weighted by atomic mass is 16.6. The van der Waals surface area contributed by atoms with Gasteiger partial charge in [0, 0.05) is 10.5 Å². The van der Waals surface area contributed by atoms with Crippen LogP contribution in [0.2, 0.25) is 0 Å². The maximum Gasteiger partial charge on any atom is 0.307 e. The molecule has 0 amide bonds. The van der Waals surface area contributed by atoms with E-state index in [1.807, 2.05) is 0 Å². The Kier molecular flexibility index (Phi) is 3.17. The number of hydrogen-bond acceptors (Lipinski definition) is 3. The van der Waals surface area contributed by atoms with E-state index < -0.39 is 10.9 Å². The average molecular weight is 195 g/mol. The van der Waals surface area contributed by atoms with Gasteiger partial charge in [0.1, 0.15) is 0 Å². The summed E-state index contributed by atoms with van der Waals surface area (Å²) in [6, 6.07) is 6.49. The third-order valence-corrected chi connectivity index (χ3v) is 1.76. The third-order valence-electron chi connectivity index (χ3n) is 1.76. The lowest BCUT2D eigenvalue weighted by Gasteiger charge is -2.02. The van der Waals surface area contributed by atoms with Gasteiger partial charge in [0.25, 0.3) is 0 Å². The van der Waals surface area contributed by atoms with E-state index in [0.29, 0.717) is 11.1 Å². The van der Waals surface area contributed by atoms with Crippen LogP contribution in [0.1, 0.15) is 11.1 Å². The number of benzene rings is 1. The van der Waals surface area contributed by atoms with E-state index in [-0.39, 0.29) is 13.0 Å². The molecular formula is C9H9NO4. The normalized spacial score (nSPS) is 9.71. The van der Waals surface area contributed by atoms with Crippen LogP contribution in [-0.2, 0) is 17.8 Å². The zero-order valence-corrected chi connectivity index (χ0v) is 7.34. The number of carboxylic acids is 1. The van der Waals surface area contributed by atoms with Gasteiger partial charge < -0.3 is 5.11 Å². The molecule has 0 aromatic heterocycles. The first-order chi connectivity index (χ1) is 6.59. The van der Waals surface area contributed by atoms with Gasteiger partial charge in [-0.2, -0.15) is 0 Å². The maximum atomic E-state index is 10.4.